The summed E-state index contributed by atoms with van der Waals surface area (Å²) in [4.78, 5) is 0. The number of fused-ring (bicyclic) bond motifs is 1. The number of ether oxygens (including phenoxy) is 3. The average Bonchev–Trinajstić information content (AvgIpc) is 2.44. The second kappa shape index (κ2) is 5.41. The Hall–Kier alpha value is -1.22. The van der Waals surface area contributed by atoms with Crippen molar-refractivity contribution >= 4 is 0 Å². The molecule has 19 heavy (non-hydrogen) atoms. The highest BCUT2D eigenvalue weighted by Gasteiger charge is 2.42. The Morgan fingerprint density at radius 3 is 2.79 bits per heavy atom. The predicted octanol–water partition coefficient (Wildman–Crippen LogP) is 3.06. The highest BCUT2D eigenvalue weighted by Crippen LogP contribution is 2.44. The van der Waals surface area contributed by atoms with Gasteiger partial charge in [0.15, 0.2) is 11.5 Å². The molecule has 2 fully saturated rings. The van der Waals surface area contributed by atoms with E-state index in [1.807, 2.05) is 6.07 Å². The van der Waals surface area contributed by atoms with Gasteiger partial charge in [-0.3, -0.25) is 0 Å². The van der Waals surface area contributed by atoms with Gasteiger partial charge in [-0.05, 0) is 55.2 Å². The van der Waals surface area contributed by atoms with E-state index in [0.717, 1.165) is 30.4 Å². The van der Waals surface area contributed by atoms with Gasteiger partial charge in [0.1, 0.15) is 0 Å². The van der Waals surface area contributed by atoms with Crippen LogP contribution in [0.5, 0.6) is 11.5 Å². The van der Waals surface area contributed by atoms with Crippen LogP contribution in [0, 0.1) is 11.8 Å². The molecular weight excluding hydrogens is 240 g/mol. The maximum Gasteiger partial charge on any atom is 0.160 e. The van der Waals surface area contributed by atoms with Crippen molar-refractivity contribution < 1.29 is 14.2 Å². The van der Waals surface area contributed by atoms with E-state index in [1.165, 1.54) is 24.8 Å². The lowest BCUT2D eigenvalue weighted by Crippen LogP contribution is -2.47. The summed E-state index contributed by atoms with van der Waals surface area (Å²) in [7, 11) is 3.36. The monoisotopic (exact) mass is 262 g/mol. The topological polar surface area (TPSA) is 27.7 Å². The van der Waals surface area contributed by atoms with Crippen LogP contribution in [0.1, 0.15) is 24.8 Å². The van der Waals surface area contributed by atoms with Gasteiger partial charge in [0, 0.05) is 6.61 Å². The van der Waals surface area contributed by atoms with Gasteiger partial charge in [-0.15, -0.1) is 0 Å². The summed E-state index contributed by atoms with van der Waals surface area (Å²) in [6.45, 7) is 0.948. The molecule has 0 amide bonds. The summed E-state index contributed by atoms with van der Waals surface area (Å²) >= 11 is 0. The predicted molar refractivity (Wildman–Crippen MR) is 73.8 cm³/mol. The van der Waals surface area contributed by atoms with Crippen LogP contribution in [0.3, 0.4) is 0 Å². The zero-order chi connectivity index (χ0) is 13.2. The summed E-state index contributed by atoms with van der Waals surface area (Å²) in [5.41, 5.74) is 1.32. The van der Waals surface area contributed by atoms with Crippen LogP contribution < -0.4 is 9.47 Å². The lowest BCUT2D eigenvalue weighted by Gasteiger charge is -2.47. The van der Waals surface area contributed by atoms with Crippen LogP contribution in [0.25, 0.3) is 0 Å². The SMILES string of the molecule is COc1ccc(C[C@@H]2C[C@H]3CCCO[C@H]32)cc1OC. The highest BCUT2D eigenvalue weighted by molar-refractivity contribution is 5.43. The van der Waals surface area contributed by atoms with Crippen LogP contribution in [-0.4, -0.2) is 26.9 Å². The van der Waals surface area contributed by atoms with Crippen molar-refractivity contribution in [2.45, 2.75) is 31.8 Å². The third kappa shape index (κ3) is 2.44. The van der Waals surface area contributed by atoms with Crippen LogP contribution >= 0.6 is 0 Å². The summed E-state index contributed by atoms with van der Waals surface area (Å²) < 4.78 is 16.5. The minimum atomic E-state index is 0.502. The zero-order valence-electron chi connectivity index (χ0n) is 11.7. The van der Waals surface area contributed by atoms with Crippen molar-refractivity contribution in [3.05, 3.63) is 23.8 Å². The van der Waals surface area contributed by atoms with Crippen molar-refractivity contribution in [3.8, 4) is 11.5 Å². The molecule has 1 heterocycles. The molecule has 1 saturated carbocycles. The molecule has 104 valence electrons. The Bertz CT molecular complexity index is 444. The van der Waals surface area contributed by atoms with E-state index in [9.17, 15) is 0 Å². The van der Waals surface area contributed by atoms with Crippen molar-refractivity contribution in [1.29, 1.82) is 0 Å². The number of hydrogen-bond donors (Lipinski definition) is 0. The van der Waals surface area contributed by atoms with Crippen molar-refractivity contribution in [3.63, 3.8) is 0 Å². The molecule has 3 nitrogen and oxygen atoms in total. The van der Waals surface area contributed by atoms with Crippen LogP contribution in [0.4, 0.5) is 0 Å². The second-order valence-electron chi connectivity index (χ2n) is 5.63. The lowest BCUT2D eigenvalue weighted by atomic mass is 9.66. The summed E-state index contributed by atoms with van der Waals surface area (Å²) in [5, 5.41) is 0. The maximum absolute atomic E-state index is 5.91. The molecule has 1 saturated heterocycles. The van der Waals surface area contributed by atoms with E-state index < -0.39 is 0 Å². The number of rotatable bonds is 4. The van der Waals surface area contributed by atoms with E-state index >= 15 is 0 Å². The van der Waals surface area contributed by atoms with Gasteiger partial charge in [0.25, 0.3) is 0 Å². The Kier molecular flexibility index (Phi) is 3.65. The van der Waals surface area contributed by atoms with Gasteiger partial charge in [0.05, 0.1) is 20.3 Å². The lowest BCUT2D eigenvalue weighted by molar-refractivity contribution is -0.126. The van der Waals surface area contributed by atoms with E-state index in [0.29, 0.717) is 12.0 Å². The first kappa shape index (κ1) is 12.8. The number of hydrogen-bond acceptors (Lipinski definition) is 3. The standard InChI is InChI=1S/C16H22O3/c1-17-14-6-5-11(9-15(14)18-2)8-13-10-12-4-3-7-19-16(12)13/h5-6,9,12-13,16H,3-4,7-8,10H2,1-2H3/t12-,13-,16-/m1/s1. The molecule has 1 aromatic rings. The quantitative estimate of drug-likeness (QED) is 0.834. The summed E-state index contributed by atoms with van der Waals surface area (Å²) in [5.74, 6) is 3.12. The molecule has 1 aliphatic heterocycles. The molecule has 2 aliphatic rings. The minimum absolute atomic E-state index is 0.502. The zero-order valence-corrected chi connectivity index (χ0v) is 11.7. The van der Waals surface area contributed by atoms with E-state index in [2.05, 4.69) is 12.1 Å². The van der Waals surface area contributed by atoms with Crippen LogP contribution in [0.2, 0.25) is 0 Å². The molecule has 0 unspecified atom stereocenters. The van der Waals surface area contributed by atoms with Crippen molar-refractivity contribution in [2.75, 3.05) is 20.8 Å². The molecule has 0 aromatic heterocycles. The molecule has 3 atom stereocenters. The third-order valence-corrected chi connectivity index (χ3v) is 4.51. The van der Waals surface area contributed by atoms with E-state index in [-0.39, 0.29) is 0 Å². The van der Waals surface area contributed by atoms with E-state index in [1.54, 1.807) is 14.2 Å². The minimum Gasteiger partial charge on any atom is -0.493 e. The Balaban J connectivity index is 1.67. The first-order valence-corrected chi connectivity index (χ1v) is 7.14. The van der Waals surface area contributed by atoms with E-state index in [4.69, 9.17) is 14.2 Å². The van der Waals surface area contributed by atoms with Crippen molar-refractivity contribution in [1.82, 2.24) is 0 Å². The first-order valence-electron chi connectivity index (χ1n) is 7.14. The smallest absolute Gasteiger partial charge is 0.160 e. The van der Waals surface area contributed by atoms with Gasteiger partial charge in [-0.2, -0.15) is 0 Å². The molecule has 0 N–H and O–H groups in total. The first-order chi connectivity index (χ1) is 9.31. The third-order valence-electron chi connectivity index (χ3n) is 4.51. The molecular formula is C16H22O3. The van der Waals surface area contributed by atoms with Gasteiger partial charge in [0.2, 0.25) is 0 Å². The fourth-order valence-corrected chi connectivity index (χ4v) is 3.48. The molecule has 1 aliphatic carbocycles. The average molecular weight is 262 g/mol. The van der Waals surface area contributed by atoms with Gasteiger partial charge >= 0.3 is 0 Å². The molecule has 3 heteroatoms. The fraction of sp³-hybridized carbons (Fsp3) is 0.625. The second-order valence-corrected chi connectivity index (χ2v) is 5.63. The number of methoxy groups -OCH3 is 2. The van der Waals surface area contributed by atoms with Crippen molar-refractivity contribution in [2.24, 2.45) is 11.8 Å². The summed E-state index contributed by atoms with van der Waals surface area (Å²) in [6.07, 6.45) is 5.50. The van der Waals surface area contributed by atoms with Crippen LogP contribution in [0.15, 0.2) is 18.2 Å². The van der Waals surface area contributed by atoms with Crippen LogP contribution in [-0.2, 0) is 11.2 Å². The highest BCUT2D eigenvalue weighted by atomic mass is 16.5. The normalized spacial score (nSPS) is 29.3. The van der Waals surface area contributed by atoms with Gasteiger partial charge in [-0.1, -0.05) is 6.07 Å². The Morgan fingerprint density at radius 2 is 2.05 bits per heavy atom. The fourth-order valence-electron chi connectivity index (χ4n) is 3.48. The molecule has 1 aromatic carbocycles. The maximum atomic E-state index is 5.91. The Morgan fingerprint density at radius 1 is 1.21 bits per heavy atom. The van der Waals surface area contributed by atoms with Gasteiger partial charge < -0.3 is 14.2 Å². The summed E-state index contributed by atoms with van der Waals surface area (Å²) in [6, 6.07) is 6.22. The molecule has 0 radical (unpaired) electrons. The molecule has 0 spiro atoms. The molecule has 0 bridgehead atoms. The molecule has 3 rings (SSSR count). The number of benzene rings is 1. The largest absolute Gasteiger partial charge is 0.493 e. The van der Waals surface area contributed by atoms with Gasteiger partial charge in [-0.25, -0.2) is 0 Å². The Labute approximate surface area is 114 Å².